The lowest BCUT2D eigenvalue weighted by Gasteiger charge is -2.28. The molecule has 40 heavy (non-hydrogen) atoms. The third-order valence-electron chi connectivity index (χ3n) is 6.45. The molecule has 0 atom stereocenters. The summed E-state index contributed by atoms with van der Waals surface area (Å²) in [7, 11) is 2.00. The molecule has 0 bridgehead atoms. The smallest absolute Gasteiger partial charge is 0.146 e. The Morgan fingerprint density at radius 1 is 0.550 bits per heavy atom. The molecule has 0 spiro atoms. The number of aromatic nitrogens is 3. The van der Waals surface area contributed by atoms with Crippen molar-refractivity contribution in [3.63, 3.8) is 0 Å². The second-order valence-corrected chi connectivity index (χ2v) is 9.16. The van der Waals surface area contributed by atoms with Crippen LogP contribution in [0, 0.1) is 0 Å². The van der Waals surface area contributed by atoms with Gasteiger partial charge < -0.3 is 14.5 Å². The summed E-state index contributed by atoms with van der Waals surface area (Å²) in [6, 6.07) is 40.5. The maximum atomic E-state index is 6.47. The predicted octanol–water partition coefficient (Wildman–Crippen LogP) is 8.57. The topological polar surface area (TPSA) is 54.4 Å². The minimum absolute atomic E-state index is 0.623. The Morgan fingerprint density at radius 3 is 1.85 bits per heavy atom. The predicted molar refractivity (Wildman–Crippen MR) is 161 cm³/mol. The number of ether oxygens (including phenoxy) is 1. The molecule has 6 rings (SSSR count). The Kier molecular flexibility index (Phi) is 7.13. The van der Waals surface area contributed by atoms with Crippen LogP contribution in [-0.4, -0.2) is 22.0 Å². The zero-order valence-electron chi connectivity index (χ0n) is 22.0. The number of benzene rings is 3. The van der Waals surface area contributed by atoms with Crippen molar-refractivity contribution in [1.82, 2.24) is 15.0 Å². The Bertz CT molecular complexity index is 1640. The van der Waals surface area contributed by atoms with E-state index in [1.54, 1.807) is 24.8 Å². The Morgan fingerprint density at radius 2 is 1.20 bits per heavy atom. The van der Waals surface area contributed by atoms with Crippen LogP contribution in [0.4, 0.5) is 28.6 Å². The summed E-state index contributed by atoms with van der Waals surface area (Å²) in [5.41, 5.74) is 5.67. The first kappa shape index (κ1) is 24.8. The highest BCUT2D eigenvalue weighted by Gasteiger charge is 2.17. The summed E-state index contributed by atoms with van der Waals surface area (Å²) < 4.78 is 6.47. The van der Waals surface area contributed by atoms with E-state index in [1.807, 2.05) is 103 Å². The minimum Gasteiger partial charge on any atom is -0.456 e. The molecule has 0 radical (unpaired) electrons. The maximum Gasteiger partial charge on any atom is 0.146 e. The van der Waals surface area contributed by atoms with Crippen LogP contribution in [0.1, 0.15) is 0 Å². The fraction of sp³-hybridized carbons (Fsp3) is 0.0294. The fourth-order valence-electron chi connectivity index (χ4n) is 4.52. The second kappa shape index (κ2) is 11.5. The van der Waals surface area contributed by atoms with E-state index in [9.17, 15) is 0 Å². The lowest BCUT2D eigenvalue weighted by atomic mass is 10.1. The van der Waals surface area contributed by atoms with Crippen molar-refractivity contribution >= 4 is 28.6 Å². The van der Waals surface area contributed by atoms with Crippen LogP contribution >= 0.6 is 0 Å². The molecule has 0 unspecified atom stereocenters. The van der Waals surface area contributed by atoms with Gasteiger partial charge in [0.05, 0.1) is 17.6 Å². The molecule has 0 amide bonds. The highest BCUT2D eigenvalue weighted by Crippen LogP contribution is 2.40. The highest BCUT2D eigenvalue weighted by atomic mass is 16.5. The molecular formula is C34H27N5O. The standard InChI is InChI=1S/C34H27N5O/c1-38(34-17-9-11-19-37-34)29-21-30(39(27-12-4-2-5-13-27)28-14-6-3-7-15-28)23-31(22-29)40-32-20-26(24-35-25-32)33-16-8-10-18-36-33/h2-25H,1H3. The monoisotopic (exact) mass is 521 g/mol. The summed E-state index contributed by atoms with van der Waals surface area (Å²) in [5, 5.41) is 0. The van der Waals surface area contributed by atoms with Crippen molar-refractivity contribution in [1.29, 1.82) is 0 Å². The summed E-state index contributed by atoms with van der Waals surface area (Å²) in [4.78, 5) is 17.7. The van der Waals surface area contributed by atoms with Crippen molar-refractivity contribution in [2.45, 2.75) is 0 Å². The molecular weight excluding hydrogens is 494 g/mol. The van der Waals surface area contributed by atoms with Crippen LogP contribution in [0.3, 0.4) is 0 Å². The molecule has 0 aliphatic rings. The van der Waals surface area contributed by atoms with E-state index in [0.29, 0.717) is 11.5 Å². The van der Waals surface area contributed by atoms with Gasteiger partial charge in [0.2, 0.25) is 0 Å². The van der Waals surface area contributed by atoms with Crippen LogP contribution < -0.4 is 14.5 Å². The molecule has 0 fully saturated rings. The van der Waals surface area contributed by atoms with E-state index in [1.165, 1.54) is 0 Å². The lowest BCUT2D eigenvalue weighted by molar-refractivity contribution is 0.481. The van der Waals surface area contributed by atoms with E-state index in [2.05, 4.69) is 50.2 Å². The number of para-hydroxylation sites is 2. The second-order valence-electron chi connectivity index (χ2n) is 9.16. The van der Waals surface area contributed by atoms with Gasteiger partial charge in [0.1, 0.15) is 17.3 Å². The molecule has 0 aliphatic heterocycles. The highest BCUT2D eigenvalue weighted by molar-refractivity contribution is 5.80. The summed E-state index contributed by atoms with van der Waals surface area (Å²) in [6.07, 6.45) is 7.07. The first-order valence-corrected chi connectivity index (χ1v) is 13.0. The Labute approximate surface area is 233 Å². The Hall–Kier alpha value is -5.49. The minimum atomic E-state index is 0.623. The van der Waals surface area contributed by atoms with Crippen LogP contribution in [0.15, 0.2) is 146 Å². The third kappa shape index (κ3) is 5.51. The quantitative estimate of drug-likeness (QED) is 0.200. The number of nitrogens with zero attached hydrogens (tertiary/aromatic N) is 5. The largest absolute Gasteiger partial charge is 0.456 e. The zero-order chi connectivity index (χ0) is 27.1. The molecule has 0 N–H and O–H groups in total. The van der Waals surface area contributed by atoms with Crippen molar-refractivity contribution in [2.75, 3.05) is 16.8 Å². The normalized spacial score (nSPS) is 10.6. The van der Waals surface area contributed by atoms with Gasteiger partial charge in [-0.15, -0.1) is 0 Å². The van der Waals surface area contributed by atoms with E-state index in [0.717, 1.165) is 39.8 Å². The van der Waals surface area contributed by atoms with E-state index in [4.69, 9.17) is 4.74 Å². The van der Waals surface area contributed by atoms with Crippen molar-refractivity contribution in [3.05, 3.63) is 146 Å². The van der Waals surface area contributed by atoms with Gasteiger partial charge in [-0.1, -0.05) is 48.5 Å². The number of anilines is 5. The molecule has 3 aromatic heterocycles. The fourth-order valence-corrected chi connectivity index (χ4v) is 4.52. The van der Waals surface area contributed by atoms with Gasteiger partial charge in [0.15, 0.2) is 0 Å². The summed E-state index contributed by atoms with van der Waals surface area (Å²) >= 11 is 0. The van der Waals surface area contributed by atoms with Crippen LogP contribution in [-0.2, 0) is 0 Å². The number of hydrogen-bond acceptors (Lipinski definition) is 6. The first-order chi connectivity index (χ1) is 19.7. The van der Waals surface area contributed by atoms with Gasteiger partial charge in [-0.05, 0) is 60.7 Å². The molecule has 3 heterocycles. The molecule has 0 aliphatic carbocycles. The number of pyridine rings is 3. The van der Waals surface area contributed by atoms with Gasteiger partial charge in [0.25, 0.3) is 0 Å². The van der Waals surface area contributed by atoms with Crippen molar-refractivity contribution < 1.29 is 4.74 Å². The van der Waals surface area contributed by atoms with Crippen LogP contribution in [0.2, 0.25) is 0 Å². The number of hydrogen-bond donors (Lipinski definition) is 0. The summed E-state index contributed by atoms with van der Waals surface area (Å²) in [6.45, 7) is 0. The molecule has 0 saturated carbocycles. The lowest BCUT2D eigenvalue weighted by Crippen LogP contribution is -2.14. The molecule has 3 aromatic carbocycles. The molecule has 6 heteroatoms. The van der Waals surface area contributed by atoms with Gasteiger partial charge in [-0.3, -0.25) is 9.97 Å². The molecule has 194 valence electrons. The van der Waals surface area contributed by atoms with Crippen molar-refractivity contribution in [3.8, 4) is 22.8 Å². The van der Waals surface area contributed by atoms with Gasteiger partial charge in [-0.25, -0.2) is 4.98 Å². The first-order valence-electron chi connectivity index (χ1n) is 13.0. The summed E-state index contributed by atoms with van der Waals surface area (Å²) in [5.74, 6) is 2.13. The zero-order valence-corrected chi connectivity index (χ0v) is 22.0. The molecule has 0 saturated heterocycles. The van der Waals surface area contributed by atoms with Gasteiger partial charge >= 0.3 is 0 Å². The van der Waals surface area contributed by atoms with Gasteiger partial charge in [-0.2, -0.15) is 0 Å². The molecule has 6 nitrogen and oxygen atoms in total. The maximum absolute atomic E-state index is 6.47. The SMILES string of the molecule is CN(c1cc(Oc2cncc(-c3ccccn3)c2)cc(N(c2ccccc2)c2ccccc2)c1)c1ccccn1. The number of rotatable bonds is 8. The Balaban J connectivity index is 1.46. The third-order valence-corrected chi connectivity index (χ3v) is 6.45. The van der Waals surface area contributed by atoms with E-state index >= 15 is 0 Å². The van der Waals surface area contributed by atoms with E-state index < -0.39 is 0 Å². The van der Waals surface area contributed by atoms with Gasteiger partial charge in [0, 0.05) is 60.4 Å². The molecule has 6 aromatic rings. The average molecular weight is 522 g/mol. The van der Waals surface area contributed by atoms with Crippen molar-refractivity contribution in [2.24, 2.45) is 0 Å². The van der Waals surface area contributed by atoms with E-state index in [-0.39, 0.29) is 0 Å². The average Bonchev–Trinajstić information content (AvgIpc) is 3.03. The van der Waals surface area contributed by atoms with Crippen LogP contribution in [0.5, 0.6) is 11.5 Å². The van der Waals surface area contributed by atoms with Crippen LogP contribution in [0.25, 0.3) is 11.3 Å².